The lowest BCUT2D eigenvalue weighted by Crippen LogP contribution is -1.99. The Kier molecular flexibility index (Phi) is 3.49. The molecule has 1 aliphatic heterocycles. The Balaban J connectivity index is 2.32. The van der Waals surface area contributed by atoms with Gasteiger partial charge in [-0.1, -0.05) is 11.6 Å². The van der Waals surface area contributed by atoms with Crippen molar-refractivity contribution >= 4 is 17.7 Å². The van der Waals surface area contributed by atoms with Crippen LogP contribution in [0.3, 0.4) is 0 Å². The highest BCUT2D eigenvalue weighted by atomic mass is 32.2. The zero-order chi connectivity index (χ0) is 8.10. The van der Waals surface area contributed by atoms with Crippen LogP contribution in [-0.4, -0.2) is 22.6 Å². The van der Waals surface area contributed by atoms with E-state index >= 15 is 0 Å². The second-order valence-electron chi connectivity index (χ2n) is 2.57. The van der Waals surface area contributed by atoms with E-state index in [-0.39, 0.29) is 6.42 Å². The predicted molar refractivity (Wildman–Crippen MR) is 46.9 cm³/mol. The second-order valence-corrected chi connectivity index (χ2v) is 3.80. The lowest BCUT2D eigenvalue weighted by molar-refractivity contribution is -0.136. The third-order valence-electron chi connectivity index (χ3n) is 1.70. The van der Waals surface area contributed by atoms with Crippen LogP contribution in [0.2, 0.25) is 0 Å². The zero-order valence-corrected chi connectivity index (χ0v) is 7.19. The van der Waals surface area contributed by atoms with Crippen LogP contribution in [0.15, 0.2) is 11.6 Å². The number of allylic oxidation sites excluding steroid dienone is 1. The van der Waals surface area contributed by atoms with Crippen molar-refractivity contribution < 1.29 is 9.90 Å². The highest BCUT2D eigenvalue weighted by molar-refractivity contribution is 7.99. The maximum atomic E-state index is 10.2. The minimum absolute atomic E-state index is 0.194. The van der Waals surface area contributed by atoms with E-state index in [1.54, 1.807) is 0 Å². The summed E-state index contributed by atoms with van der Waals surface area (Å²) in [7, 11) is 0. The average molecular weight is 172 g/mol. The van der Waals surface area contributed by atoms with E-state index < -0.39 is 5.97 Å². The van der Waals surface area contributed by atoms with Crippen LogP contribution in [0.4, 0.5) is 0 Å². The Morgan fingerprint density at radius 2 is 2.18 bits per heavy atom. The topological polar surface area (TPSA) is 37.3 Å². The molecule has 0 bridgehead atoms. The molecule has 3 heteroatoms. The molecule has 11 heavy (non-hydrogen) atoms. The van der Waals surface area contributed by atoms with E-state index in [9.17, 15) is 4.79 Å². The molecule has 0 aliphatic carbocycles. The van der Waals surface area contributed by atoms with E-state index in [4.69, 9.17) is 5.11 Å². The number of hydrogen-bond donors (Lipinski definition) is 1. The number of carbonyl (C=O) groups is 1. The quantitative estimate of drug-likeness (QED) is 0.646. The maximum absolute atomic E-state index is 10.2. The lowest BCUT2D eigenvalue weighted by Gasteiger charge is -2.12. The number of carboxylic acid groups (broad SMARTS) is 1. The van der Waals surface area contributed by atoms with Crippen molar-refractivity contribution in [2.45, 2.75) is 19.3 Å². The molecular weight excluding hydrogens is 160 g/mol. The molecule has 0 amide bonds. The van der Waals surface area contributed by atoms with Crippen molar-refractivity contribution in [2.24, 2.45) is 0 Å². The van der Waals surface area contributed by atoms with Gasteiger partial charge in [-0.25, -0.2) is 0 Å². The first-order valence-corrected chi connectivity index (χ1v) is 4.92. The first kappa shape index (κ1) is 8.65. The zero-order valence-electron chi connectivity index (χ0n) is 6.38. The number of rotatable bonds is 2. The van der Waals surface area contributed by atoms with Gasteiger partial charge in [-0.3, -0.25) is 4.79 Å². The average Bonchev–Trinajstić information content (AvgIpc) is 2.03. The molecule has 0 radical (unpaired) electrons. The van der Waals surface area contributed by atoms with Gasteiger partial charge >= 0.3 is 5.97 Å². The van der Waals surface area contributed by atoms with Crippen molar-refractivity contribution in [3.63, 3.8) is 0 Å². The van der Waals surface area contributed by atoms with Crippen LogP contribution in [-0.2, 0) is 4.79 Å². The first-order valence-electron chi connectivity index (χ1n) is 3.76. The standard InChI is InChI=1S/C8H12O2S/c9-8(10)2-1-7-3-5-11-6-4-7/h1H,2-6H2,(H,9,10). The third-order valence-corrected chi connectivity index (χ3v) is 2.69. The fourth-order valence-electron chi connectivity index (χ4n) is 1.07. The molecule has 0 aromatic carbocycles. The van der Waals surface area contributed by atoms with E-state index in [0.717, 1.165) is 24.3 Å². The van der Waals surface area contributed by atoms with Crippen LogP contribution in [0.5, 0.6) is 0 Å². The van der Waals surface area contributed by atoms with Crippen molar-refractivity contribution in [1.82, 2.24) is 0 Å². The fourth-order valence-corrected chi connectivity index (χ4v) is 2.09. The Hall–Kier alpha value is -0.440. The monoisotopic (exact) mass is 172 g/mol. The summed E-state index contributed by atoms with van der Waals surface area (Å²) < 4.78 is 0. The predicted octanol–water partition coefficient (Wildman–Crippen LogP) is 1.91. The molecule has 1 N–H and O–H groups in total. The molecule has 0 spiro atoms. The van der Waals surface area contributed by atoms with Gasteiger partial charge in [0.25, 0.3) is 0 Å². The molecule has 62 valence electrons. The van der Waals surface area contributed by atoms with Gasteiger partial charge in [0.15, 0.2) is 0 Å². The van der Waals surface area contributed by atoms with Gasteiger partial charge in [0.1, 0.15) is 0 Å². The summed E-state index contributed by atoms with van der Waals surface area (Å²) in [6.07, 6.45) is 4.22. The van der Waals surface area contributed by atoms with Gasteiger partial charge in [0.2, 0.25) is 0 Å². The summed E-state index contributed by atoms with van der Waals surface area (Å²) in [6, 6.07) is 0. The smallest absolute Gasteiger partial charge is 0.307 e. The van der Waals surface area contributed by atoms with Gasteiger partial charge in [-0.2, -0.15) is 11.8 Å². The molecule has 1 saturated heterocycles. The maximum Gasteiger partial charge on any atom is 0.307 e. The number of carboxylic acids is 1. The number of thioether (sulfide) groups is 1. The van der Waals surface area contributed by atoms with Crippen LogP contribution >= 0.6 is 11.8 Å². The molecule has 0 atom stereocenters. The molecule has 1 fully saturated rings. The van der Waals surface area contributed by atoms with Crippen molar-refractivity contribution in [3.05, 3.63) is 11.6 Å². The number of aliphatic carboxylic acids is 1. The molecule has 2 nitrogen and oxygen atoms in total. The van der Waals surface area contributed by atoms with E-state index in [0.29, 0.717) is 0 Å². The molecular formula is C8H12O2S. The van der Waals surface area contributed by atoms with E-state index in [1.165, 1.54) is 5.57 Å². The van der Waals surface area contributed by atoms with Crippen LogP contribution in [0.25, 0.3) is 0 Å². The largest absolute Gasteiger partial charge is 0.481 e. The third kappa shape index (κ3) is 3.46. The Morgan fingerprint density at radius 1 is 1.55 bits per heavy atom. The Bertz CT molecular complexity index is 167. The van der Waals surface area contributed by atoms with Gasteiger partial charge in [0, 0.05) is 0 Å². The van der Waals surface area contributed by atoms with Crippen molar-refractivity contribution in [2.75, 3.05) is 11.5 Å². The van der Waals surface area contributed by atoms with Gasteiger partial charge in [-0.15, -0.1) is 0 Å². The molecule has 0 unspecified atom stereocenters. The Morgan fingerprint density at radius 3 is 2.73 bits per heavy atom. The van der Waals surface area contributed by atoms with Crippen LogP contribution in [0, 0.1) is 0 Å². The second kappa shape index (κ2) is 4.44. The summed E-state index contributed by atoms with van der Waals surface area (Å²) >= 11 is 1.94. The molecule has 1 heterocycles. The Labute approximate surface area is 70.7 Å². The summed E-state index contributed by atoms with van der Waals surface area (Å²) in [5, 5.41) is 8.39. The SMILES string of the molecule is O=C(O)CC=C1CCSCC1. The number of hydrogen-bond acceptors (Lipinski definition) is 2. The summed E-state index contributed by atoms with van der Waals surface area (Å²) in [6.45, 7) is 0. The van der Waals surface area contributed by atoms with Gasteiger partial charge < -0.3 is 5.11 Å². The fraction of sp³-hybridized carbons (Fsp3) is 0.625. The normalized spacial score (nSPS) is 18.0. The van der Waals surface area contributed by atoms with Crippen LogP contribution < -0.4 is 0 Å². The molecule has 1 rings (SSSR count). The van der Waals surface area contributed by atoms with Crippen molar-refractivity contribution in [1.29, 1.82) is 0 Å². The van der Waals surface area contributed by atoms with Crippen molar-refractivity contribution in [3.8, 4) is 0 Å². The minimum atomic E-state index is -0.726. The molecule has 1 aliphatic rings. The van der Waals surface area contributed by atoms with Gasteiger partial charge in [0.05, 0.1) is 6.42 Å². The first-order chi connectivity index (χ1) is 5.29. The van der Waals surface area contributed by atoms with Crippen LogP contribution in [0.1, 0.15) is 19.3 Å². The van der Waals surface area contributed by atoms with E-state index in [2.05, 4.69) is 0 Å². The summed E-state index contributed by atoms with van der Waals surface area (Å²) in [5.41, 5.74) is 1.33. The minimum Gasteiger partial charge on any atom is -0.481 e. The summed E-state index contributed by atoms with van der Waals surface area (Å²) in [5.74, 6) is 1.59. The highest BCUT2D eigenvalue weighted by Gasteiger charge is 2.05. The molecule has 0 saturated carbocycles. The lowest BCUT2D eigenvalue weighted by atomic mass is 10.1. The highest BCUT2D eigenvalue weighted by Crippen LogP contribution is 2.21. The van der Waals surface area contributed by atoms with Gasteiger partial charge in [-0.05, 0) is 24.3 Å². The van der Waals surface area contributed by atoms with E-state index in [1.807, 2.05) is 17.8 Å². The molecule has 0 aromatic rings. The molecule has 0 aromatic heterocycles. The summed E-state index contributed by atoms with van der Waals surface area (Å²) in [4.78, 5) is 10.2.